The number of fused-ring (bicyclic) bond motifs is 1. The third-order valence-corrected chi connectivity index (χ3v) is 2.63. The van der Waals surface area contributed by atoms with E-state index < -0.39 is 0 Å². The summed E-state index contributed by atoms with van der Waals surface area (Å²) in [5.41, 5.74) is 5.72. The Bertz CT molecular complexity index is 606. The summed E-state index contributed by atoms with van der Waals surface area (Å²) in [6.45, 7) is 1.78. The lowest BCUT2D eigenvalue weighted by Crippen LogP contribution is -2.09. The van der Waals surface area contributed by atoms with Gasteiger partial charge in [0.2, 0.25) is 5.78 Å². The van der Waals surface area contributed by atoms with Gasteiger partial charge in [-0.2, -0.15) is 4.98 Å². The number of aromatic amines is 1. The number of aromatic nitrogens is 4. The summed E-state index contributed by atoms with van der Waals surface area (Å²) in [4.78, 5) is 17.9. The van der Waals surface area contributed by atoms with Crippen molar-refractivity contribution in [2.24, 2.45) is 5.73 Å². The van der Waals surface area contributed by atoms with Crippen molar-refractivity contribution in [1.29, 1.82) is 5.41 Å². The molecule has 17 heavy (non-hydrogen) atoms. The number of aryl methyl sites for hydroxylation is 1. The molecule has 0 aliphatic carbocycles. The molecule has 92 valence electrons. The third kappa shape index (κ3) is 2.98. The second-order valence-corrected chi connectivity index (χ2v) is 4.21. The number of thioether (sulfide) groups is 1. The van der Waals surface area contributed by atoms with Crippen molar-refractivity contribution in [3.63, 3.8) is 0 Å². The van der Waals surface area contributed by atoms with Crippen LogP contribution < -0.4 is 11.3 Å². The van der Waals surface area contributed by atoms with Crippen LogP contribution in [0.15, 0.2) is 10.9 Å². The van der Waals surface area contributed by atoms with Crippen LogP contribution in [0.5, 0.6) is 0 Å². The van der Waals surface area contributed by atoms with Gasteiger partial charge in [-0.1, -0.05) is 11.8 Å². The second kappa shape index (κ2) is 5.19. The van der Waals surface area contributed by atoms with E-state index in [1.165, 1.54) is 6.07 Å². The fourth-order valence-corrected chi connectivity index (χ4v) is 1.69. The molecule has 2 aromatic heterocycles. The van der Waals surface area contributed by atoms with E-state index in [-0.39, 0.29) is 23.1 Å². The Labute approximate surface area is 107 Å². The normalized spacial score (nSPS) is 10.2. The number of amidine groups is 1. The average molecular weight is 275 g/mol. The lowest BCUT2D eigenvalue weighted by Gasteiger charge is -1.94. The highest BCUT2D eigenvalue weighted by Gasteiger charge is 2.07. The molecule has 2 heterocycles. The van der Waals surface area contributed by atoms with E-state index in [4.69, 9.17) is 11.1 Å². The van der Waals surface area contributed by atoms with Crippen LogP contribution in [0.3, 0.4) is 0 Å². The Kier molecular flexibility index (Phi) is 4.13. The SMILES string of the molecule is Cc1cc(=O)[nH]c2nc(CSC(=N)N)nn12.Cl. The molecule has 0 aromatic carbocycles. The molecule has 2 aromatic rings. The lowest BCUT2D eigenvalue weighted by molar-refractivity contribution is 0.868. The molecular weight excluding hydrogens is 264 g/mol. The molecule has 0 amide bonds. The van der Waals surface area contributed by atoms with E-state index in [1.807, 2.05) is 0 Å². The van der Waals surface area contributed by atoms with E-state index >= 15 is 0 Å². The van der Waals surface area contributed by atoms with Crippen molar-refractivity contribution in [2.75, 3.05) is 0 Å². The van der Waals surface area contributed by atoms with E-state index in [2.05, 4.69) is 15.1 Å². The number of hydrogen-bond donors (Lipinski definition) is 3. The van der Waals surface area contributed by atoms with Crippen LogP contribution in [0.25, 0.3) is 5.78 Å². The summed E-state index contributed by atoms with van der Waals surface area (Å²) >= 11 is 1.14. The van der Waals surface area contributed by atoms with Gasteiger partial charge in [0.25, 0.3) is 5.56 Å². The van der Waals surface area contributed by atoms with Crippen molar-refractivity contribution in [3.05, 3.63) is 27.9 Å². The van der Waals surface area contributed by atoms with E-state index in [0.717, 1.165) is 11.8 Å². The minimum absolute atomic E-state index is 0. The molecule has 4 N–H and O–H groups in total. The summed E-state index contributed by atoms with van der Waals surface area (Å²) in [6, 6.07) is 1.45. The van der Waals surface area contributed by atoms with Crippen LogP contribution in [-0.4, -0.2) is 24.7 Å². The average Bonchev–Trinajstić information content (AvgIpc) is 2.57. The van der Waals surface area contributed by atoms with E-state index in [1.54, 1.807) is 11.4 Å². The molecule has 0 fully saturated rings. The molecular formula is C8H11ClN6OS. The first-order valence-corrected chi connectivity index (χ1v) is 5.47. The quantitative estimate of drug-likeness (QED) is 0.537. The second-order valence-electron chi connectivity index (χ2n) is 3.19. The van der Waals surface area contributed by atoms with Gasteiger partial charge in [-0.3, -0.25) is 15.2 Å². The number of rotatable bonds is 2. The zero-order valence-electron chi connectivity index (χ0n) is 8.93. The molecule has 9 heteroatoms. The van der Waals surface area contributed by atoms with Gasteiger partial charge in [-0.25, -0.2) is 4.52 Å². The summed E-state index contributed by atoms with van der Waals surface area (Å²) < 4.78 is 1.55. The Morgan fingerprint density at radius 2 is 2.41 bits per heavy atom. The third-order valence-electron chi connectivity index (χ3n) is 1.92. The van der Waals surface area contributed by atoms with Crippen LogP contribution in [0, 0.1) is 12.3 Å². The highest BCUT2D eigenvalue weighted by molar-refractivity contribution is 8.12. The van der Waals surface area contributed by atoms with Crippen molar-refractivity contribution in [3.8, 4) is 0 Å². The smallest absolute Gasteiger partial charge is 0.252 e. The maximum Gasteiger partial charge on any atom is 0.252 e. The molecule has 0 spiro atoms. The molecule has 2 rings (SSSR count). The van der Waals surface area contributed by atoms with Crippen LogP contribution >= 0.6 is 24.2 Å². The number of nitrogens with one attached hydrogen (secondary N) is 2. The van der Waals surface area contributed by atoms with E-state index in [0.29, 0.717) is 23.0 Å². The lowest BCUT2D eigenvalue weighted by atomic mass is 10.4. The van der Waals surface area contributed by atoms with Gasteiger partial charge >= 0.3 is 0 Å². The number of H-pyrrole nitrogens is 1. The molecule has 0 unspecified atom stereocenters. The molecule has 0 atom stereocenters. The predicted molar refractivity (Wildman–Crippen MR) is 68.8 cm³/mol. The minimum Gasteiger partial charge on any atom is -0.379 e. The number of nitrogens with two attached hydrogens (primary N) is 1. The highest BCUT2D eigenvalue weighted by atomic mass is 35.5. The Morgan fingerprint density at radius 1 is 1.71 bits per heavy atom. The van der Waals surface area contributed by atoms with Crippen molar-refractivity contribution in [2.45, 2.75) is 12.7 Å². The summed E-state index contributed by atoms with van der Waals surface area (Å²) in [7, 11) is 0. The predicted octanol–water partition coefficient (Wildman–Crippen LogP) is 0.274. The summed E-state index contributed by atoms with van der Waals surface area (Å²) in [6.07, 6.45) is 0. The topological polar surface area (TPSA) is 113 Å². The van der Waals surface area contributed by atoms with Gasteiger partial charge < -0.3 is 5.73 Å². The number of hydrogen-bond acceptors (Lipinski definition) is 5. The molecule has 0 aliphatic rings. The minimum atomic E-state index is -0.205. The Hall–Kier alpha value is -1.54. The van der Waals surface area contributed by atoms with Crippen LogP contribution in [-0.2, 0) is 5.75 Å². The van der Waals surface area contributed by atoms with Gasteiger partial charge in [0.05, 0.1) is 5.75 Å². The maximum absolute atomic E-state index is 11.2. The Morgan fingerprint density at radius 3 is 3.06 bits per heavy atom. The maximum atomic E-state index is 11.2. The monoisotopic (exact) mass is 274 g/mol. The van der Waals surface area contributed by atoms with Crippen molar-refractivity contribution >= 4 is 35.1 Å². The molecule has 0 saturated carbocycles. The van der Waals surface area contributed by atoms with Gasteiger partial charge in [0.15, 0.2) is 11.0 Å². The first-order valence-electron chi connectivity index (χ1n) is 4.48. The number of halogens is 1. The fourth-order valence-electron chi connectivity index (χ4n) is 1.28. The largest absolute Gasteiger partial charge is 0.379 e. The molecule has 0 aliphatic heterocycles. The van der Waals surface area contributed by atoms with Gasteiger partial charge in [-0.15, -0.1) is 17.5 Å². The summed E-state index contributed by atoms with van der Waals surface area (Å²) in [5.74, 6) is 1.35. The van der Waals surface area contributed by atoms with Crippen LogP contribution in [0.4, 0.5) is 0 Å². The first-order chi connectivity index (χ1) is 7.56. The zero-order chi connectivity index (χ0) is 11.7. The zero-order valence-corrected chi connectivity index (χ0v) is 10.6. The fraction of sp³-hybridized carbons (Fsp3) is 0.250. The summed E-state index contributed by atoms with van der Waals surface area (Å²) in [5, 5.41) is 11.3. The molecule has 0 radical (unpaired) electrons. The van der Waals surface area contributed by atoms with Crippen molar-refractivity contribution in [1.82, 2.24) is 19.6 Å². The van der Waals surface area contributed by atoms with Crippen LogP contribution in [0.2, 0.25) is 0 Å². The van der Waals surface area contributed by atoms with Gasteiger partial charge in [0.1, 0.15) is 0 Å². The number of nitrogens with zero attached hydrogens (tertiary/aromatic N) is 3. The standard InChI is InChI=1S/C8H10N6OS.ClH/c1-4-2-6(15)12-8-11-5(13-14(4)8)3-16-7(9)10;/h2H,3H2,1H3,(H3,9,10)(H,11,12,13,15);1H. The van der Waals surface area contributed by atoms with Crippen molar-refractivity contribution < 1.29 is 0 Å². The Balaban J connectivity index is 0.00000144. The molecule has 7 nitrogen and oxygen atoms in total. The first kappa shape index (κ1) is 13.5. The van der Waals surface area contributed by atoms with Gasteiger partial charge in [0, 0.05) is 11.8 Å². The highest BCUT2D eigenvalue weighted by Crippen LogP contribution is 2.08. The molecule has 0 saturated heterocycles. The van der Waals surface area contributed by atoms with Gasteiger partial charge in [-0.05, 0) is 6.92 Å². The van der Waals surface area contributed by atoms with E-state index in [9.17, 15) is 4.79 Å². The van der Waals surface area contributed by atoms with Crippen LogP contribution in [0.1, 0.15) is 11.5 Å². The molecule has 0 bridgehead atoms.